The topological polar surface area (TPSA) is 89.9 Å². The van der Waals surface area contributed by atoms with Crippen LogP contribution in [-0.2, 0) is 23.9 Å². The van der Waals surface area contributed by atoms with Crippen molar-refractivity contribution in [2.75, 3.05) is 13.2 Å². The number of rotatable bonds is 38. The van der Waals surface area contributed by atoms with E-state index < -0.39 is 6.10 Å². The number of carbonyl (C=O) groups is 3. The van der Waals surface area contributed by atoms with Gasteiger partial charge in [-0.1, -0.05) is 185 Å². The van der Waals surface area contributed by atoms with E-state index in [4.69, 9.17) is 9.47 Å². The summed E-state index contributed by atoms with van der Waals surface area (Å²) in [5.41, 5.74) is 0. The molecule has 0 aliphatic rings. The summed E-state index contributed by atoms with van der Waals surface area (Å²) in [6, 6.07) is 0. The number of ketones is 1. The molecular formula is C45H78O6. The zero-order valence-corrected chi connectivity index (χ0v) is 33.1. The first-order valence-corrected chi connectivity index (χ1v) is 21.1. The zero-order chi connectivity index (χ0) is 37.3. The third-order valence-electron chi connectivity index (χ3n) is 9.04. The van der Waals surface area contributed by atoms with Gasteiger partial charge in [0, 0.05) is 19.3 Å². The van der Waals surface area contributed by atoms with Crippen molar-refractivity contribution in [3.8, 4) is 0 Å². The number of hydrogen-bond donors (Lipinski definition) is 1. The highest BCUT2D eigenvalue weighted by Gasteiger charge is 2.12. The van der Waals surface area contributed by atoms with Crippen molar-refractivity contribution in [2.24, 2.45) is 0 Å². The van der Waals surface area contributed by atoms with Crippen molar-refractivity contribution in [2.45, 2.75) is 206 Å². The van der Waals surface area contributed by atoms with E-state index in [2.05, 4.69) is 38.2 Å². The van der Waals surface area contributed by atoms with Gasteiger partial charge in [-0.05, 0) is 44.6 Å². The molecule has 0 aliphatic carbocycles. The minimum Gasteiger partial charge on any atom is -0.463 e. The van der Waals surface area contributed by atoms with Crippen LogP contribution in [0.15, 0.2) is 48.6 Å². The van der Waals surface area contributed by atoms with Gasteiger partial charge in [-0.2, -0.15) is 0 Å². The fourth-order valence-corrected chi connectivity index (χ4v) is 5.80. The predicted octanol–water partition coefficient (Wildman–Crippen LogP) is 12.6. The SMILES string of the molecule is CCCCCCCCCCCCCCCCCCCCCC(=O)OC[C@@H](O)COC(=O)CCC/C=C\C/C=C\C/C=C\C=C\C(=O)CCCCC. The van der Waals surface area contributed by atoms with Crippen LogP contribution < -0.4 is 0 Å². The van der Waals surface area contributed by atoms with Crippen LogP contribution in [0.3, 0.4) is 0 Å². The van der Waals surface area contributed by atoms with Crippen LogP contribution in [0.25, 0.3) is 0 Å². The molecule has 0 aromatic heterocycles. The molecule has 0 amide bonds. The average Bonchev–Trinajstić information content (AvgIpc) is 3.12. The summed E-state index contributed by atoms with van der Waals surface area (Å²) in [5, 5.41) is 10.0. The largest absolute Gasteiger partial charge is 0.463 e. The Bertz CT molecular complexity index is 918. The highest BCUT2D eigenvalue weighted by molar-refractivity contribution is 5.89. The van der Waals surface area contributed by atoms with Gasteiger partial charge in [-0.3, -0.25) is 14.4 Å². The molecule has 1 N–H and O–H groups in total. The van der Waals surface area contributed by atoms with E-state index in [9.17, 15) is 19.5 Å². The molecule has 0 aromatic carbocycles. The lowest BCUT2D eigenvalue weighted by atomic mass is 10.0. The van der Waals surface area contributed by atoms with Crippen molar-refractivity contribution in [1.29, 1.82) is 0 Å². The fourth-order valence-electron chi connectivity index (χ4n) is 5.80. The van der Waals surface area contributed by atoms with E-state index in [1.807, 2.05) is 18.2 Å². The first kappa shape index (κ1) is 48.5. The number of hydrogen-bond acceptors (Lipinski definition) is 6. The maximum Gasteiger partial charge on any atom is 0.305 e. The Kier molecular flexibility index (Phi) is 38.4. The highest BCUT2D eigenvalue weighted by atomic mass is 16.6. The van der Waals surface area contributed by atoms with Crippen molar-refractivity contribution >= 4 is 17.7 Å². The van der Waals surface area contributed by atoms with Crippen LogP contribution in [0.4, 0.5) is 0 Å². The van der Waals surface area contributed by atoms with Gasteiger partial charge >= 0.3 is 11.9 Å². The molecule has 51 heavy (non-hydrogen) atoms. The van der Waals surface area contributed by atoms with Gasteiger partial charge in [0.2, 0.25) is 0 Å². The number of allylic oxidation sites excluding steroid dienone is 8. The molecule has 0 rings (SSSR count). The maximum atomic E-state index is 12.0. The number of aliphatic hydroxyl groups excluding tert-OH is 1. The molecule has 0 heterocycles. The van der Waals surface area contributed by atoms with E-state index in [0.29, 0.717) is 19.3 Å². The molecule has 0 bridgehead atoms. The van der Waals surface area contributed by atoms with E-state index in [1.165, 1.54) is 103 Å². The molecule has 294 valence electrons. The number of esters is 2. The van der Waals surface area contributed by atoms with Crippen molar-refractivity contribution in [1.82, 2.24) is 0 Å². The summed E-state index contributed by atoms with van der Waals surface area (Å²) in [7, 11) is 0. The van der Waals surface area contributed by atoms with E-state index >= 15 is 0 Å². The average molecular weight is 715 g/mol. The Labute approximate surface area is 314 Å². The third kappa shape index (κ3) is 40.2. The van der Waals surface area contributed by atoms with Crippen LogP contribution >= 0.6 is 0 Å². The Morgan fingerprint density at radius 1 is 0.471 bits per heavy atom. The van der Waals surface area contributed by atoms with Gasteiger partial charge in [0.05, 0.1) is 0 Å². The molecular weight excluding hydrogens is 636 g/mol. The van der Waals surface area contributed by atoms with E-state index in [0.717, 1.165) is 57.8 Å². The summed E-state index contributed by atoms with van der Waals surface area (Å²) < 4.78 is 10.3. The Morgan fingerprint density at radius 3 is 1.37 bits per heavy atom. The monoisotopic (exact) mass is 715 g/mol. The second-order valence-electron chi connectivity index (χ2n) is 14.2. The Balaban J connectivity index is 3.53. The van der Waals surface area contributed by atoms with Crippen LogP contribution in [0.2, 0.25) is 0 Å². The second kappa shape index (κ2) is 40.3. The van der Waals surface area contributed by atoms with Crippen LogP contribution in [0.5, 0.6) is 0 Å². The van der Waals surface area contributed by atoms with Crippen molar-refractivity contribution in [3.05, 3.63) is 48.6 Å². The van der Waals surface area contributed by atoms with Gasteiger partial charge in [0.1, 0.15) is 19.3 Å². The Hall–Kier alpha value is -2.47. The van der Waals surface area contributed by atoms with Crippen LogP contribution in [-0.4, -0.2) is 42.1 Å². The van der Waals surface area contributed by atoms with Crippen LogP contribution in [0.1, 0.15) is 200 Å². The molecule has 1 atom stereocenters. The predicted molar refractivity (Wildman–Crippen MR) is 215 cm³/mol. The summed E-state index contributed by atoms with van der Waals surface area (Å²) >= 11 is 0. The van der Waals surface area contributed by atoms with Gasteiger partial charge in [0.15, 0.2) is 5.78 Å². The first-order chi connectivity index (χ1) is 25.0. The molecule has 0 aromatic rings. The highest BCUT2D eigenvalue weighted by Crippen LogP contribution is 2.15. The molecule has 0 saturated heterocycles. The Morgan fingerprint density at radius 2 is 0.863 bits per heavy atom. The lowest BCUT2D eigenvalue weighted by molar-refractivity contribution is -0.152. The number of aliphatic hydroxyl groups is 1. The lowest BCUT2D eigenvalue weighted by Gasteiger charge is -2.12. The summed E-state index contributed by atoms with van der Waals surface area (Å²) in [5.74, 6) is -0.469. The lowest BCUT2D eigenvalue weighted by Crippen LogP contribution is -2.25. The summed E-state index contributed by atoms with van der Waals surface area (Å²) in [4.78, 5) is 35.6. The normalized spacial score (nSPS) is 12.5. The molecule has 0 radical (unpaired) electrons. The molecule has 6 heteroatoms. The molecule has 0 fully saturated rings. The minimum atomic E-state index is -1.00. The van der Waals surface area contributed by atoms with Crippen LogP contribution in [0, 0.1) is 0 Å². The molecule has 0 unspecified atom stereocenters. The van der Waals surface area contributed by atoms with Gasteiger partial charge in [-0.15, -0.1) is 0 Å². The van der Waals surface area contributed by atoms with Crippen molar-refractivity contribution in [3.63, 3.8) is 0 Å². The van der Waals surface area contributed by atoms with Crippen molar-refractivity contribution < 1.29 is 29.0 Å². The second-order valence-corrected chi connectivity index (χ2v) is 14.2. The van der Waals surface area contributed by atoms with Gasteiger partial charge in [-0.25, -0.2) is 0 Å². The quantitative estimate of drug-likeness (QED) is 0.0225. The van der Waals surface area contributed by atoms with E-state index in [1.54, 1.807) is 6.08 Å². The summed E-state index contributed by atoms with van der Waals surface area (Å²) in [6.45, 7) is 4.10. The number of unbranched alkanes of at least 4 members (excludes halogenated alkanes) is 21. The number of carbonyl (C=O) groups excluding carboxylic acids is 3. The number of ether oxygens (including phenoxy) is 2. The maximum absolute atomic E-state index is 12.0. The van der Waals surface area contributed by atoms with E-state index in [-0.39, 0.29) is 37.4 Å². The molecule has 0 spiro atoms. The van der Waals surface area contributed by atoms with Gasteiger partial charge in [0.25, 0.3) is 0 Å². The van der Waals surface area contributed by atoms with Gasteiger partial charge < -0.3 is 14.6 Å². The minimum absolute atomic E-state index is 0.146. The molecule has 0 saturated carbocycles. The zero-order valence-electron chi connectivity index (χ0n) is 33.1. The fraction of sp³-hybridized carbons (Fsp3) is 0.756. The molecule has 6 nitrogen and oxygen atoms in total. The standard InChI is InChI=1S/C45H78O6/c1-3-5-7-8-9-10-11-12-13-14-15-16-17-18-21-24-27-30-34-38-44(48)50-40-43(47)41-51-45(49)39-35-31-28-25-22-19-20-23-26-29-33-37-42(46)36-32-6-4-2/h19-20,25-26,28-29,33,37,43,47H,3-18,21-24,27,30-32,34-36,38-41H2,1-2H3/b20-19-,28-25-,29-26-,37-33+/t43-/m1/s1. The summed E-state index contributed by atoms with van der Waals surface area (Å²) in [6.07, 6.45) is 47.3. The first-order valence-electron chi connectivity index (χ1n) is 21.1. The molecule has 0 aliphatic heterocycles. The third-order valence-corrected chi connectivity index (χ3v) is 9.04. The smallest absolute Gasteiger partial charge is 0.305 e.